The van der Waals surface area contributed by atoms with Crippen LogP contribution in [-0.4, -0.2) is 17.9 Å². The molecule has 1 N–H and O–H groups in total. The van der Waals surface area contributed by atoms with E-state index in [4.69, 9.17) is 4.74 Å². The number of nitrogens with zero attached hydrogens (tertiary/aromatic N) is 1. The summed E-state index contributed by atoms with van der Waals surface area (Å²) in [5.41, 5.74) is 1.49. The van der Waals surface area contributed by atoms with Gasteiger partial charge in [-0.25, -0.2) is 0 Å². The Bertz CT molecular complexity index is 535. The first kappa shape index (κ1) is 12.2. The Morgan fingerprint density at radius 2 is 1.89 bits per heavy atom. The van der Waals surface area contributed by atoms with Gasteiger partial charge in [-0.2, -0.15) is 0 Å². The third-order valence-electron chi connectivity index (χ3n) is 2.44. The molecule has 0 aliphatic rings. The van der Waals surface area contributed by atoms with E-state index < -0.39 is 0 Å². The Morgan fingerprint density at radius 1 is 1.11 bits per heavy atom. The predicted molar refractivity (Wildman–Crippen MR) is 73.0 cm³/mol. The number of hydrogen-bond donors (Lipinski definition) is 1. The Labute approximate surface area is 106 Å². The predicted octanol–water partition coefficient (Wildman–Crippen LogP) is 3.54. The van der Waals surface area contributed by atoms with Crippen molar-refractivity contribution in [3.05, 3.63) is 54.1 Å². The topological polar surface area (TPSA) is 41.8 Å². The number of para-hydroxylation sites is 2. The van der Waals surface area contributed by atoms with Gasteiger partial charge in [0.25, 0.3) is 0 Å². The van der Waals surface area contributed by atoms with Crippen molar-refractivity contribution >= 4 is 11.9 Å². The summed E-state index contributed by atoms with van der Waals surface area (Å²) < 4.78 is 5.32. The van der Waals surface area contributed by atoms with Crippen molar-refractivity contribution in [1.29, 1.82) is 0 Å². The molecule has 0 aliphatic carbocycles. The van der Waals surface area contributed by atoms with Gasteiger partial charge in [-0.05, 0) is 31.2 Å². The second-order valence-electron chi connectivity index (χ2n) is 3.72. The molecule has 0 bridgehead atoms. The number of aliphatic imine (C=N–C) groups is 1. The Balaban J connectivity index is 2.24. The molecular weight excluding hydrogens is 226 g/mol. The van der Waals surface area contributed by atoms with Crippen LogP contribution < -0.4 is 4.74 Å². The van der Waals surface area contributed by atoms with Gasteiger partial charge in [0.2, 0.25) is 0 Å². The molecule has 0 radical (unpaired) electrons. The molecule has 0 heterocycles. The van der Waals surface area contributed by atoms with Gasteiger partial charge in [0.15, 0.2) is 11.5 Å². The van der Waals surface area contributed by atoms with Crippen LogP contribution >= 0.6 is 0 Å². The smallest absolute Gasteiger partial charge is 0.166 e. The summed E-state index contributed by atoms with van der Waals surface area (Å²) in [6.45, 7) is 2.40. The highest BCUT2D eigenvalue weighted by atomic mass is 16.5. The van der Waals surface area contributed by atoms with E-state index in [2.05, 4.69) is 4.99 Å². The lowest BCUT2D eigenvalue weighted by Gasteiger charge is -2.07. The molecule has 0 amide bonds. The number of phenols is 1. The normalized spacial score (nSPS) is 10.7. The van der Waals surface area contributed by atoms with Crippen LogP contribution in [0.25, 0.3) is 0 Å². The lowest BCUT2D eigenvalue weighted by atomic mass is 10.2. The molecular formula is C15H15NO2. The van der Waals surface area contributed by atoms with Crippen molar-refractivity contribution < 1.29 is 9.84 Å². The van der Waals surface area contributed by atoms with Gasteiger partial charge in [0, 0.05) is 11.8 Å². The van der Waals surface area contributed by atoms with E-state index >= 15 is 0 Å². The maximum Gasteiger partial charge on any atom is 0.166 e. The highest BCUT2D eigenvalue weighted by Gasteiger charge is 2.05. The number of hydrogen-bond acceptors (Lipinski definition) is 3. The minimum Gasteiger partial charge on any atom is -0.504 e. The minimum atomic E-state index is 0.124. The third-order valence-corrected chi connectivity index (χ3v) is 2.44. The molecule has 3 nitrogen and oxygen atoms in total. The summed E-state index contributed by atoms with van der Waals surface area (Å²) in [5.74, 6) is 0.605. The van der Waals surface area contributed by atoms with Gasteiger partial charge < -0.3 is 9.84 Å². The van der Waals surface area contributed by atoms with Crippen molar-refractivity contribution in [2.75, 3.05) is 6.61 Å². The number of rotatable bonds is 4. The molecule has 2 aromatic rings. The standard InChI is InChI=1S/C15H15NO2/c1-2-18-14-10-6-7-12(15(14)17)11-16-13-8-4-3-5-9-13/h3-11,17H,2H2,1H3. The lowest BCUT2D eigenvalue weighted by molar-refractivity contribution is 0.318. The van der Waals surface area contributed by atoms with Crippen LogP contribution in [0, 0.1) is 0 Å². The van der Waals surface area contributed by atoms with E-state index in [1.807, 2.05) is 43.3 Å². The van der Waals surface area contributed by atoms with Crippen LogP contribution in [0.15, 0.2) is 53.5 Å². The Morgan fingerprint density at radius 3 is 2.61 bits per heavy atom. The van der Waals surface area contributed by atoms with Crippen molar-refractivity contribution in [3.63, 3.8) is 0 Å². The van der Waals surface area contributed by atoms with Crippen LogP contribution in [-0.2, 0) is 0 Å². The van der Waals surface area contributed by atoms with E-state index in [-0.39, 0.29) is 5.75 Å². The SMILES string of the molecule is CCOc1cccc(C=Nc2ccccc2)c1O. The highest BCUT2D eigenvalue weighted by molar-refractivity contribution is 5.86. The summed E-state index contributed by atoms with van der Waals surface area (Å²) in [6, 6.07) is 14.9. The molecule has 2 aromatic carbocycles. The molecule has 0 saturated heterocycles. The molecule has 2 rings (SSSR count). The monoisotopic (exact) mass is 241 g/mol. The van der Waals surface area contributed by atoms with Crippen LogP contribution in [0.1, 0.15) is 12.5 Å². The fraction of sp³-hybridized carbons (Fsp3) is 0.133. The lowest BCUT2D eigenvalue weighted by Crippen LogP contribution is -1.93. The van der Waals surface area contributed by atoms with Gasteiger partial charge in [0.05, 0.1) is 12.3 Å². The third kappa shape index (κ3) is 2.88. The molecule has 18 heavy (non-hydrogen) atoms. The summed E-state index contributed by atoms with van der Waals surface area (Å²) in [5, 5.41) is 9.98. The fourth-order valence-electron chi connectivity index (χ4n) is 1.57. The van der Waals surface area contributed by atoms with Gasteiger partial charge in [-0.1, -0.05) is 24.3 Å². The van der Waals surface area contributed by atoms with E-state index in [1.54, 1.807) is 18.3 Å². The van der Waals surface area contributed by atoms with Crippen LogP contribution in [0.4, 0.5) is 5.69 Å². The first-order chi connectivity index (χ1) is 8.81. The quantitative estimate of drug-likeness (QED) is 0.832. The maximum atomic E-state index is 9.98. The molecule has 0 fully saturated rings. The van der Waals surface area contributed by atoms with Gasteiger partial charge in [0.1, 0.15) is 0 Å². The van der Waals surface area contributed by atoms with Crippen molar-refractivity contribution in [3.8, 4) is 11.5 Å². The number of benzene rings is 2. The van der Waals surface area contributed by atoms with Gasteiger partial charge >= 0.3 is 0 Å². The molecule has 0 aromatic heterocycles. The summed E-state index contributed by atoms with van der Waals surface area (Å²) in [6.07, 6.45) is 1.63. The first-order valence-corrected chi connectivity index (χ1v) is 5.85. The van der Waals surface area contributed by atoms with Gasteiger partial charge in [-0.15, -0.1) is 0 Å². The van der Waals surface area contributed by atoms with Gasteiger partial charge in [-0.3, -0.25) is 4.99 Å². The average molecular weight is 241 g/mol. The second kappa shape index (κ2) is 5.87. The molecule has 0 spiro atoms. The van der Waals surface area contributed by atoms with Crippen LogP contribution in [0.5, 0.6) is 11.5 Å². The number of ether oxygens (including phenoxy) is 1. The summed E-state index contributed by atoms with van der Waals surface area (Å²) in [4.78, 5) is 4.30. The first-order valence-electron chi connectivity index (χ1n) is 5.85. The van der Waals surface area contributed by atoms with E-state index in [0.29, 0.717) is 17.9 Å². The van der Waals surface area contributed by atoms with E-state index in [1.165, 1.54) is 0 Å². The summed E-state index contributed by atoms with van der Waals surface area (Å²) >= 11 is 0. The maximum absolute atomic E-state index is 9.98. The average Bonchev–Trinajstić information content (AvgIpc) is 2.41. The zero-order valence-electron chi connectivity index (χ0n) is 10.2. The number of aromatic hydroxyl groups is 1. The molecule has 92 valence electrons. The molecule has 0 saturated carbocycles. The highest BCUT2D eigenvalue weighted by Crippen LogP contribution is 2.28. The zero-order valence-corrected chi connectivity index (χ0v) is 10.2. The van der Waals surface area contributed by atoms with Crippen molar-refractivity contribution in [1.82, 2.24) is 0 Å². The molecule has 0 aliphatic heterocycles. The van der Waals surface area contributed by atoms with Crippen LogP contribution in [0.2, 0.25) is 0 Å². The minimum absolute atomic E-state index is 0.124. The largest absolute Gasteiger partial charge is 0.504 e. The van der Waals surface area contributed by atoms with Crippen molar-refractivity contribution in [2.24, 2.45) is 4.99 Å². The Kier molecular flexibility index (Phi) is 3.97. The molecule has 0 unspecified atom stereocenters. The Hall–Kier alpha value is -2.29. The fourth-order valence-corrected chi connectivity index (χ4v) is 1.57. The summed E-state index contributed by atoms with van der Waals surface area (Å²) in [7, 11) is 0. The second-order valence-corrected chi connectivity index (χ2v) is 3.72. The van der Waals surface area contributed by atoms with Crippen LogP contribution in [0.3, 0.4) is 0 Å². The molecule has 0 atom stereocenters. The van der Waals surface area contributed by atoms with E-state index in [9.17, 15) is 5.11 Å². The zero-order chi connectivity index (χ0) is 12.8. The molecule has 3 heteroatoms. The van der Waals surface area contributed by atoms with E-state index in [0.717, 1.165) is 5.69 Å². The van der Waals surface area contributed by atoms with Crippen molar-refractivity contribution in [2.45, 2.75) is 6.92 Å². The number of phenolic OH excluding ortho intramolecular Hbond substituents is 1.